The molecule has 15 heavy (non-hydrogen) atoms. The second kappa shape index (κ2) is 6.37. The fraction of sp³-hybridized carbons (Fsp3) is 0.545. The summed E-state index contributed by atoms with van der Waals surface area (Å²) in [5, 5.41) is 12.3. The Balaban J connectivity index is 2.30. The molecule has 4 heteroatoms. The van der Waals surface area contributed by atoms with E-state index in [0.717, 1.165) is 18.7 Å². The van der Waals surface area contributed by atoms with Gasteiger partial charge in [-0.25, -0.2) is 4.98 Å². The van der Waals surface area contributed by atoms with Crippen molar-refractivity contribution in [2.75, 3.05) is 13.7 Å². The van der Waals surface area contributed by atoms with Gasteiger partial charge >= 0.3 is 0 Å². The zero-order chi connectivity index (χ0) is 11.1. The molecular weight excluding hydrogens is 192 g/mol. The highest BCUT2D eigenvalue weighted by molar-refractivity contribution is 5.15. The molecule has 1 heterocycles. The fourth-order valence-corrected chi connectivity index (χ4v) is 1.20. The first-order chi connectivity index (χ1) is 7.22. The van der Waals surface area contributed by atoms with Gasteiger partial charge in [0.25, 0.3) is 0 Å². The van der Waals surface area contributed by atoms with E-state index in [1.54, 1.807) is 14.0 Å². The molecule has 0 bridgehead atoms. The van der Waals surface area contributed by atoms with Gasteiger partial charge in [0.1, 0.15) is 0 Å². The molecule has 0 amide bonds. The highest BCUT2D eigenvalue weighted by Crippen LogP contribution is 2.05. The Morgan fingerprint density at radius 2 is 2.33 bits per heavy atom. The number of hydrogen-bond acceptors (Lipinski definition) is 4. The number of pyridine rings is 1. The lowest BCUT2D eigenvalue weighted by molar-refractivity contribution is 0.183. The van der Waals surface area contributed by atoms with Crippen LogP contribution in [0.2, 0.25) is 0 Å². The summed E-state index contributed by atoms with van der Waals surface area (Å²) >= 11 is 0. The molecule has 1 aromatic rings. The Labute approximate surface area is 90.3 Å². The van der Waals surface area contributed by atoms with Crippen LogP contribution >= 0.6 is 0 Å². The topological polar surface area (TPSA) is 54.4 Å². The van der Waals surface area contributed by atoms with E-state index >= 15 is 0 Å². The Bertz CT molecular complexity index is 290. The third-order valence-electron chi connectivity index (χ3n) is 2.04. The molecule has 1 aromatic heterocycles. The molecule has 84 valence electrons. The monoisotopic (exact) mass is 210 g/mol. The predicted molar refractivity (Wildman–Crippen MR) is 58.8 cm³/mol. The third kappa shape index (κ3) is 4.76. The minimum absolute atomic E-state index is 0.254. The van der Waals surface area contributed by atoms with Crippen molar-refractivity contribution in [3.05, 3.63) is 23.9 Å². The molecule has 0 aliphatic rings. The van der Waals surface area contributed by atoms with Crippen molar-refractivity contribution in [3.63, 3.8) is 0 Å². The van der Waals surface area contributed by atoms with Crippen LogP contribution in [0.5, 0.6) is 5.88 Å². The van der Waals surface area contributed by atoms with Crippen molar-refractivity contribution < 1.29 is 9.84 Å². The second-order valence-corrected chi connectivity index (χ2v) is 3.49. The van der Waals surface area contributed by atoms with E-state index in [9.17, 15) is 0 Å². The maximum atomic E-state index is 9.06. The molecule has 0 saturated heterocycles. The molecular formula is C11H18N2O2. The summed E-state index contributed by atoms with van der Waals surface area (Å²) in [7, 11) is 1.60. The number of aliphatic hydroxyl groups excluding tert-OH is 1. The van der Waals surface area contributed by atoms with Crippen LogP contribution in [0, 0.1) is 0 Å². The number of nitrogens with zero attached hydrogens (tertiary/aromatic N) is 1. The van der Waals surface area contributed by atoms with E-state index in [0.29, 0.717) is 12.4 Å². The minimum atomic E-state index is -0.254. The average molecular weight is 210 g/mol. The maximum Gasteiger partial charge on any atom is 0.213 e. The predicted octanol–water partition coefficient (Wildman–Crippen LogP) is 0.951. The van der Waals surface area contributed by atoms with Gasteiger partial charge in [-0.2, -0.15) is 0 Å². The summed E-state index contributed by atoms with van der Waals surface area (Å²) in [4.78, 5) is 4.26. The summed E-state index contributed by atoms with van der Waals surface area (Å²) < 4.78 is 5.02. The van der Waals surface area contributed by atoms with Crippen molar-refractivity contribution in [2.45, 2.75) is 26.0 Å². The Hall–Kier alpha value is -1.13. The molecule has 0 aliphatic heterocycles. The summed E-state index contributed by atoms with van der Waals surface area (Å²) in [6.45, 7) is 3.27. The van der Waals surface area contributed by atoms with Gasteiger partial charge in [-0.05, 0) is 26.0 Å². The highest BCUT2D eigenvalue weighted by atomic mass is 16.5. The van der Waals surface area contributed by atoms with Crippen LogP contribution in [0.25, 0.3) is 0 Å². The lowest BCUT2D eigenvalue weighted by Crippen LogP contribution is -2.19. The van der Waals surface area contributed by atoms with Crippen molar-refractivity contribution >= 4 is 0 Å². The first-order valence-electron chi connectivity index (χ1n) is 5.11. The van der Waals surface area contributed by atoms with Crippen molar-refractivity contribution in [3.8, 4) is 5.88 Å². The Kier molecular flexibility index (Phi) is 5.07. The third-order valence-corrected chi connectivity index (χ3v) is 2.04. The number of ether oxygens (including phenoxy) is 1. The Morgan fingerprint density at radius 1 is 1.53 bits per heavy atom. The van der Waals surface area contributed by atoms with Gasteiger partial charge in [0.2, 0.25) is 5.88 Å². The second-order valence-electron chi connectivity index (χ2n) is 3.49. The summed E-state index contributed by atoms with van der Waals surface area (Å²) in [5.74, 6) is 0.629. The number of nitrogens with one attached hydrogen (secondary N) is 1. The van der Waals surface area contributed by atoms with E-state index in [4.69, 9.17) is 9.84 Å². The van der Waals surface area contributed by atoms with E-state index in [1.807, 2.05) is 18.2 Å². The number of aromatic nitrogens is 1. The van der Waals surface area contributed by atoms with Gasteiger partial charge in [0.05, 0.1) is 18.9 Å². The summed E-state index contributed by atoms with van der Waals surface area (Å²) in [6.07, 6.45) is 0.500. The van der Waals surface area contributed by atoms with Gasteiger partial charge in [-0.15, -0.1) is 0 Å². The fourth-order valence-electron chi connectivity index (χ4n) is 1.20. The first-order valence-corrected chi connectivity index (χ1v) is 5.11. The molecule has 0 fully saturated rings. The number of hydrogen-bond donors (Lipinski definition) is 2. The van der Waals surface area contributed by atoms with Crippen molar-refractivity contribution in [1.29, 1.82) is 0 Å². The molecule has 4 nitrogen and oxygen atoms in total. The molecule has 1 unspecified atom stereocenters. The van der Waals surface area contributed by atoms with Crippen LogP contribution in [0.3, 0.4) is 0 Å². The van der Waals surface area contributed by atoms with Crippen molar-refractivity contribution in [2.24, 2.45) is 0 Å². The molecule has 0 aromatic carbocycles. The zero-order valence-corrected chi connectivity index (χ0v) is 9.23. The summed E-state index contributed by atoms with van der Waals surface area (Å²) in [5.41, 5.74) is 0.944. The molecule has 2 N–H and O–H groups in total. The van der Waals surface area contributed by atoms with Crippen LogP contribution < -0.4 is 10.1 Å². The smallest absolute Gasteiger partial charge is 0.213 e. The van der Waals surface area contributed by atoms with Crippen LogP contribution in [-0.2, 0) is 6.54 Å². The van der Waals surface area contributed by atoms with Crippen LogP contribution in [-0.4, -0.2) is 29.8 Å². The van der Waals surface area contributed by atoms with E-state index < -0.39 is 0 Å². The van der Waals surface area contributed by atoms with Crippen LogP contribution in [0.15, 0.2) is 18.2 Å². The zero-order valence-electron chi connectivity index (χ0n) is 9.23. The number of rotatable bonds is 6. The van der Waals surface area contributed by atoms with Gasteiger partial charge in [0.15, 0.2) is 0 Å². The normalized spacial score (nSPS) is 12.5. The van der Waals surface area contributed by atoms with Gasteiger partial charge in [0, 0.05) is 12.6 Å². The van der Waals surface area contributed by atoms with Gasteiger partial charge in [-0.3, -0.25) is 0 Å². The lowest BCUT2D eigenvalue weighted by Gasteiger charge is -2.06. The minimum Gasteiger partial charge on any atom is -0.481 e. The maximum absolute atomic E-state index is 9.06. The van der Waals surface area contributed by atoms with Gasteiger partial charge < -0.3 is 15.2 Å². The van der Waals surface area contributed by atoms with E-state index in [-0.39, 0.29) is 6.10 Å². The Morgan fingerprint density at radius 3 is 3.00 bits per heavy atom. The highest BCUT2D eigenvalue weighted by Gasteiger charge is 1.98. The number of aliphatic hydroxyl groups is 1. The largest absolute Gasteiger partial charge is 0.481 e. The number of methoxy groups -OCH3 is 1. The molecule has 0 radical (unpaired) electrons. The van der Waals surface area contributed by atoms with Crippen LogP contribution in [0.4, 0.5) is 0 Å². The van der Waals surface area contributed by atoms with E-state index in [2.05, 4.69) is 10.3 Å². The van der Waals surface area contributed by atoms with E-state index in [1.165, 1.54) is 0 Å². The molecule has 1 atom stereocenters. The first kappa shape index (κ1) is 11.9. The standard InChI is InChI=1S/C11H18N2O2/c1-9(14)6-7-12-8-10-4-3-5-11(13-10)15-2/h3-5,9,12,14H,6-8H2,1-2H3. The van der Waals surface area contributed by atoms with Crippen LogP contribution in [0.1, 0.15) is 19.0 Å². The quantitative estimate of drug-likeness (QED) is 0.686. The van der Waals surface area contributed by atoms with Gasteiger partial charge in [-0.1, -0.05) is 6.07 Å². The molecule has 0 saturated carbocycles. The average Bonchev–Trinajstić information content (AvgIpc) is 2.24. The van der Waals surface area contributed by atoms with Crippen molar-refractivity contribution in [1.82, 2.24) is 10.3 Å². The SMILES string of the molecule is COc1cccc(CNCCC(C)O)n1. The molecule has 0 aliphatic carbocycles. The molecule has 1 rings (SSSR count). The summed E-state index contributed by atoms with van der Waals surface area (Å²) in [6, 6.07) is 5.68. The molecule has 0 spiro atoms. The lowest BCUT2D eigenvalue weighted by atomic mass is 10.3.